The number of ketones is 1. The minimum atomic E-state index is -1.88. The van der Waals surface area contributed by atoms with Gasteiger partial charge in [0.1, 0.15) is 24.4 Å². The van der Waals surface area contributed by atoms with Crippen LogP contribution in [0.5, 0.6) is 0 Å². The second kappa shape index (κ2) is 11.2. The third-order valence-corrected chi connectivity index (χ3v) is 3.19. The molecule has 0 aliphatic heterocycles. The zero-order chi connectivity index (χ0) is 16.4. The van der Waals surface area contributed by atoms with Crippen LogP contribution in [0.15, 0.2) is 0 Å². The van der Waals surface area contributed by atoms with Crippen molar-refractivity contribution >= 4 is 5.78 Å². The minimum Gasteiger partial charge on any atom is -0.394 e. The van der Waals surface area contributed by atoms with E-state index in [0.717, 1.165) is 25.7 Å². The van der Waals surface area contributed by atoms with Gasteiger partial charge >= 0.3 is 0 Å². The molecule has 0 aromatic carbocycles. The normalized spacial score (nSPS) is 19.8. The van der Waals surface area contributed by atoms with E-state index in [-0.39, 0.29) is 6.42 Å². The summed E-state index contributed by atoms with van der Waals surface area (Å²) in [7, 11) is 0. The number of hydrogen-bond donors (Lipinski definition) is 5. The Morgan fingerprint density at radius 1 is 1.05 bits per heavy atom. The van der Waals surface area contributed by atoms with Crippen molar-refractivity contribution in [3.63, 3.8) is 0 Å². The molecular formula is C14H28O6. The summed E-state index contributed by atoms with van der Waals surface area (Å²) in [5.74, 6) is -0.748. The molecule has 1 unspecified atom stereocenters. The first-order valence-corrected chi connectivity index (χ1v) is 7.13. The number of Topliss-reactive ketones (excluding diaryl/α,β-unsaturated/α-hetero) is 1. The minimum absolute atomic E-state index is 0.216. The summed E-state index contributed by atoms with van der Waals surface area (Å²) >= 11 is 0. The maximum atomic E-state index is 11.7. The van der Waals surface area contributed by atoms with Crippen molar-refractivity contribution in [2.24, 2.45) is 0 Å². The second-order valence-corrected chi connectivity index (χ2v) is 4.98. The van der Waals surface area contributed by atoms with E-state index in [4.69, 9.17) is 11.6 Å². The second-order valence-electron chi connectivity index (χ2n) is 4.98. The van der Waals surface area contributed by atoms with Crippen molar-refractivity contribution in [1.29, 1.82) is 0 Å². The highest BCUT2D eigenvalue weighted by molar-refractivity contribution is 5.83. The molecular weight excluding hydrogens is 264 g/mol. The summed E-state index contributed by atoms with van der Waals surface area (Å²) in [5.41, 5.74) is 0. The number of hydrogen-bond acceptors (Lipinski definition) is 6. The fourth-order valence-electron chi connectivity index (χ4n) is 1.79. The van der Waals surface area contributed by atoms with E-state index in [0.29, 0.717) is 6.42 Å². The van der Waals surface area contributed by atoms with Crippen LogP contribution >= 0.6 is 0 Å². The van der Waals surface area contributed by atoms with Crippen molar-refractivity contribution in [3.8, 4) is 0 Å². The standard InChI is InChI=1S/C14H28O6/c1-2-3-4-5-6-7-8-10(16)12(18)14(20)13(19)11(17)9-15/h11-15,17-20H,2-9H2,1H3/t11-,12+,13-,14-/m1/s1/i7D/t7?,11-,12+,13-,14-. The highest BCUT2D eigenvalue weighted by Crippen LogP contribution is 2.11. The zero-order valence-corrected chi connectivity index (χ0v) is 12.0. The van der Waals surface area contributed by atoms with Gasteiger partial charge in [0, 0.05) is 7.79 Å². The first-order valence-electron chi connectivity index (χ1n) is 7.70. The molecule has 20 heavy (non-hydrogen) atoms. The molecule has 0 radical (unpaired) electrons. The monoisotopic (exact) mass is 293 g/mol. The molecule has 5 atom stereocenters. The van der Waals surface area contributed by atoms with Crippen LogP contribution in [0.3, 0.4) is 0 Å². The number of carbonyl (C=O) groups is 1. The van der Waals surface area contributed by atoms with Gasteiger partial charge in [0.15, 0.2) is 5.78 Å². The van der Waals surface area contributed by atoms with E-state index >= 15 is 0 Å². The molecule has 0 fully saturated rings. The lowest BCUT2D eigenvalue weighted by atomic mass is 9.97. The van der Waals surface area contributed by atoms with Crippen molar-refractivity contribution < 1.29 is 31.7 Å². The molecule has 6 heteroatoms. The molecule has 0 aromatic heterocycles. The van der Waals surface area contributed by atoms with Gasteiger partial charge < -0.3 is 25.5 Å². The molecule has 120 valence electrons. The Hall–Kier alpha value is -0.530. The van der Waals surface area contributed by atoms with Gasteiger partial charge in [0.2, 0.25) is 0 Å². The fourth-order valence-corrected chi connectivity index (χ4v) is 1.79. The summed E-state index contributed by atoms with van der Waals surface area (Å²) in [6, 6.07) is 0. The lowest BCUT2D eigenvalue weighted by molar-refractivity contribution is -0.147. The molecule has 6 nitrogen and oxygen atoms in total. The van der Waals surface area contributed by atoms with Gasteiger partial charge in [-0.1, -0.05) is 39.0 Å². The maximum absolute atomic E-state index is 11.7. The molecule has 0 aliphatic carbocycles. The topological polar surface area (TPSA) is 118 Å². The van der Waals surface area contributed by atoms with Crippen molar-refractivity contribution in [3.05, 3.63) is 0 Å². The van der Waals surface area contributed by atoms with Crippen molar-refractivity contribution in [2.75, 3.05) is 6.61 Å². The van der Waals surface area contributed by atoms with Crippen LogP contribution in [0, 0.1) is 0 Å². The molecule has 0 heterocycles. The molecule has 0 aliphatic rings. The molecule has 0 saturated heterocycles. The number of aliphatic hydroxyl groups is 5. The van der Waals surface area contributed by atoms with Crippen LogP contribution < -0.4 is 0 Å². The summed E-state index contributed by atoms with van der Waals surface area (Å²) in [5, 5.41) is 46.4. The third-order valence-electron chi connectivity index (χ3n) is 3.19. The molecule has 0 spiro atoms. The van der Waals surface area contributed by atoms with Gasteiger partial charge in [-0.2, -0.15) is 0 Å². The van der Waals surface area contributed by atoms with Crippen LogP contribution in [0.2, 0.25) is 0 Å². The van der Waals surface area contributed by atoms with E-state index < -0.39 is 43.2 Å². The number of carbonyl (C=O) groups excluding carboxylic acids is 1. The smallest absolute Gasteiger partial charge is 0.164 e. The average molecular weight is 293 g/mol. The Morgan fingerprint density at radius 2 is 1.65 bits per heavy atom. The zero-order valence-electron chi connectivity index (χ0n) is 13.0. The van der Waals surface area contributed by atoms with Gasteiger partial charge in [-0.3, -0.25) is 4.79 Å². The summed E-state index contributed by atoms with van der Waals surface area (Å²) < 4.78 is 7.73. The Morgan fingerprint density at radius 3 is 2.20 bits per heavy atom. The molecule has 0 amide bonds. The first-order chi connectivity index (χ1) is 9.84. The van der Waals surface area contributed by atoms with Crippen LogP contribution in [-0.2, 0) is 4.79 Å². The average Bonchev–Trinajstić information content (AvgIpc) is 2.48. The Balaban J connectivity index is 4.19. The lowest BCUT2D eigenvalue weighted by Gasteiger charge is -2.24. The van der Waals surface area contributed by atoms with Crippen LogP contribution in [-0.4, -0.2) is 62.3 Å². The highest BCUT2D eigenvalue weighted by atomic mass is 16.4. The maximum Gasteiger partial charge on any atom is 0.164 e. The molecule has 0 saturated carbocycles. The summed E-state index contributed by atoms with van der Waals surface area (Å²) in [4.78, 5) is 11.7. The third kappa shape index (κ3) is 7.31. The Kier molecular flexibility index (Phi) is 9.78. The Bertz CT molecular complexity index is 289. The molecule has 0 bridgehead atoms. The molecule has 5 N–H and O–H groups in total. The fraction of sp³-hybridized carbons (Fsp3) is 0.929. The Labute approximate surface area is 121 Å². The number of unbranched alkanes of at least 4 members (excludes halogenated alkanes) is 3. The van der Waals surface area contributed by atoms with Crippen LogP contribution in [0.4, 0.5) is 0 Å². The van der Waals surface area contributed by atoms with E-state index in [1.807, 2.05) is 0 Å². The van der Waals surface area contributed by atoms with Gasteiger partial charge in [-0.15, -0.1) is 0 Å². The number of rotatable bonds is 12. The van der Waals surface area contributed by atoms with E-state index in [9.17, 15) is 20.1 Å². The SMILES string of the molecule is [2H]C(CCCCCC)CC(=O)[C@H](O)[C@@H](O)[C@H](O)[C@H](O)CO. The van der Waals surface area contributed by atoms with Crippen LogP contribution in [0.1, 0.15) is 53.2 Å². The van der Waals surface area contributed by atoms with E-state index in [1.165, 1.54) is 0 Å². The van der Waals surface area contributed by atoms with E-state index in [1.54, 1.807) is 0 Å². The first kappa shape index (κ1) is 17.5. The highest BCUT2D eigenvalue weighted by Gasteiger charge is 2.33. The van der Waals surface area contributed by atoms with Gasteiger partial charge in [-0.25, -0.2) is 0 Å². The number of aliphatic hydroxyl groups excluding tert-OH is 5. The summed E-state index contributed by atoms with van der Waals surface area (Å²) in [6.07, 6.45) is -3.56. The van der Waals surface area contributed by atoms with Gasteiger partial charge in [-0.05, 0) is 6.40 Å². The summed E-state index contributed by atoms with van der Waals surface area (Å²) in [6.45, 7) is 1.28. The van der Waals surface area contributed by atoms with Crippen molar-refractivity contribution in [2.45, 2.75) is 76.3 Å². The lowest BCUT2D eigenvalue weighted by Crippen LogP contribution is -2.48. The predicted molar refractivity (Wildman–Crippen MR) is 74.1 cm³/mol. The molecule has 0 aromatic rings. The quantitative estimate of drug-likeness (QED) is 0.316. The molecule has 0 rings (SSSR count). The van der Waals surface area contributed by atoms with Crippen molar-refractivity contribution in [1.82, 2.24) is 0 Å². The van der Waals surface area contributed by atoms with Gasteiger partial charge in [0.05, 0.1) is 6.61 Å². The van der Waals surface area contributed by atoms with Gasteiger partial charge in [0.25, 0.3) is 0 Å². The predicted octanol–water partition coefficient (Wildman–Crippen LogP) is -0.258. The largest absolute Gasteiger partial charge is 0.394 e. The van der Waals surface area contributed by atoms with Crippen LogP contribution in [0.25, 0.3) is 0 Å². The van der Waals surface area contributed by atoms with E-state index in [2.05, 4.69) is 6.92 Å².